The Morgan fingerprint density at radius 3 is 2.95 bits per heavy atom. The van der Waals surface area contributed by atoms with Crippen LogP contribution in [-0.4, -0.2) is 36.9 Å². The Bertz CT molecular complexity index is 573. The van der Waals surface area contributed by atoms with E-state index in [-0.39, 0.29) is 23.5 Å². The van der Waals surface area contributed by atoms with E-state index in [0.717, 1.165) is 0 Å². The number of carbonyl (C=O) groups excluding carboxylic acids is 1. The highest BCUT2D eigenvalue weighted by Gasteiger charge is 2.26. The molecule has 1 aliphatic heterocycles. The van der Waals surface area contributed by atoms with Gasteiger partial charge >= 0.3 is 0 Å². The zero-order valence-electron chi connectivity index (χ0n) is 10.3. The van der Waals surface area contributed by atoms with Gasteiger partial charge in [0.15, 0.2) is 9.84 Å². The number of carbonyl (C=O) groups is 1. The molecule has 7 nitrogen and oxygen atoms in total. The summed E-state index contributed by atoms with van der Waals surface area (Å²) in [5.41, 5.74) is 3.14. The van der Waals surface area contributed by atoms with Crippen LogP contribution in [0.15, 0.2) is 18.5 Å². The lowest BCUT2D eigenvalue weighted by Crippen LogP contribution is -2.43. The fraction of sp³-hybridized carbons (Fsp3) is 0.455. The Hall–Kier alpha value is -1.67. The maximum Gasteiger partial charge on any atom is 0.253 e. The zero-order valence-corrected chi connectivity index (χ0v) is 11.1. The van der Waals surface area contributed by atoms with E-state index in [0.29, 0.717) is 24.1 Å². The molecule has 1 amide bonds. The molecule has 1 atom stereocenters. The molecule has 19 heavy (non-hydrogen) atoms. The third kappa shape index (κ3) is 3.42. The van der Waals surface area contributed by atoms with Gasteiger partial charge in [0, 0.05) is 12.2 Å². The molecule has 1 aromatic rings. The van der Waals surface area contributed by atoms with Gasteiger partial charge in [0.25, 0.3) is 5.91 Å². The minimum atomic E-state index is -3.04. The SMILES string of the molecule is NNc1cnccc1C(=O)NC1CCCS(=O)(=O)C1. The molecule has 2 heterocycles. The molecule has 0 spiro atoms. The third-order valence-electron chi connectivity index (χ3n) is 3.02. The van der Waals surface area contributed by atoms with E-state index in [4.69, 9.17) is 5.84 Å². The normalized spacial score (nSPS) is 21.6. The van der Waals surface area contributed by atoms with Crippen LogP contribution >= 0.6 is 0 Å². The van der Waals surface area contributed by atoms with E-state index in [1.54, 1.807) is 0 Å². The van der Waals surface area contributed by atoms with E-state index >= 15 is 0 Å². The molecule has 2 rings (SSSR count). The molecule has 104 valence electrons. The van der Waals surface area contributed by atoms with Crippen molar-refractivity contribution in [2.45, 2.75) is 18.9 Å². The van der Waals surface area contributed by atoms with Crippen molar-refractivity contribution < 1.29 is 13.2 Å². The standard InChI is InChI=1S/C11H16N4O3S/c12-15-10-6-13-4-3-9(10)11(16)14-8-2-1-5-19(17,18)7-8/h3-4,6,8,15H,1-2,5,7,12H2,(H,14,16). The molecule has 0 saturated carbocycles. The van der Waals surface area contributed by atoms with Crippen molar-refractivity contribution in [2.75, 3.05) is 16.9 Å². The second-order valence-electron chi connectivity index (χ2n) is 4.49. The largest absolute Gasteiger partial charge is 0.348 e. The average Bonchev–Trinajstić information content (AvgIpc) is 2.37. The van der Waals surface area contributed by atoms with Crippen LogP contribution in [0.3, 0.4) is 0 Å². The second kappa shape index (κ2) is 5.54. The zero-order chi connectivity index (χ0) is 13.9. The molecular formula is C11H16N4O3S. The van der Waals surface area contributed by atoms with E-state index in [1.165, 1.54) is 18.5 Å². The first kappa shape index (κ1) is 13.8. The summed E-state index contributed by atoms with van der Waals surface area (Å²) in [6.45, 7) is 0. The molecule has 1 unspecified atom stereocenters. The molecule has 1 saturated heterocycles. The van der Waals surface area contributed by atoms with Gasteiger partial charge in [-0.1, -0.05) is 0 Å². The van der Waals surface area contributed by atoms with E-state index in [2.05, 4.69) is 15.7 Å². The summed E-state index contributed by atoms with van der Waals surface area (Å²) in [5.74, 6) is 5.14. The number of nitrogens with zero attached hydrogens (tertiary/aromatic N) is 1. The van der Waals surface area contributed by atoms with Crippen LogP contribution in [0.25, 0.3) is 0 Å². The Balaban J connectivity index is 2.09. The summed E-state index contributed by atoms with van der Waals surface area (Å²) < 4.78 is 23.0. The summed E-state index contributed by atoms with van der Waals surface area (Å²) in [4.78, 5) is 15.9. The Labute approximate surface area is 111 Å². The number of nitrogen functional groups attached to an aromatic ring is 1. The lowest BCUT2D eigenvalue weighted by Gasteiger charge is -2.23. The number of sulfone groups is 1. The summed E-state index contributed by atoms with van der Waals surface area (Å²) in [6.07, 6.45) is 4.16. The third-order valence-corrected chi connectivity index (χ3v) is 4.84. The van der Waals surface area contributed by atoms with Crippen LogP contribution in [0.4, 0.5) is 5.69 Å². The number of amides is 1. The summed E-state index contributed by atoms with van der Waals surface area (Å²) >= 11 is 0. The number of nitrogens with one attached hydrogen (secondary N) is 2. The number of nitrogens with two attached hydrogens (primary N) is 1. The van der Waals surface area contributed by atoms with Crippen LogP contribution in [-0.2, 0) is 9.84 Å². The van der Waals surface area contributed by atoms with E-state index in [9.17, 15) is 13.2 Å². The average molecular weight is 284 g/mol. The minimum absolute atomic E-state index is 0.00475. The van der Waals surface area contributed by atoms with Crippen LogP contribution < -0.4 is 16.6 Å². The predicted molar refractivity (Wildman–Crippen MR) is 71.2 cm³/mol. The highest BCUT2D eigenvalue weighted by Crippen LogP contribution is 2.15. The lowest BCUT2D eigenvalue weighted by atomic mass is 10.1. The minimum Gasteiger partial charge on any atom is -0.348 e. The van der Waals surface area contributed by atoms with Gasteiger partial charge in [-0.3, -0.25) is 15.6 Å². The van der Waals surface area contributed by atoms with Crippen molar-refractivity contribution in [2.24, 2.45) is 5.84 Å². The summed E-state index contributed by atoms with van der Waals surface area (Å²) in [7, 11) is -3.04. The van der Waals surface area contributed by atoms with Crippen molar-refractivity contribution >= 4 is 21.4 Å². The molecule has 1 aliphatic rings. The molecule has 0 bridgehead atoms. The van der Waals surface area contributed by atoms with Gasteiger partial charge in [-0.15, -0.1) is 0 Å². The molecule has 0 radical (unpaired) electrons. The smallest absolute Gasteiger partial charge is 0.253 e. The van der Waals surface area contributed by atoms with Gasteiger partial charge in [-0.25, -0.2) is 8.42 Å². The number of hydrogen-bond acceptors (Lipinski definition) is 6. The van der Waals surface area contributed by atoms with Gasteiger partial charge in [0.1, 0.15) is 0 Å². The Kier molecular flexibility index (Phi) is 4.01. The molecule has 1 fully saturated rings. The van der Waals surface area contributed by atoms with Gasteiger partial charge in [-0.05, 0) is 18.9 Å². The van der Waals surface area contributed by atoms with Crippen LogP contribution in [0.5, 0.6) is 0 Å². The number of pyridine rings is 1. The van der Waals surface area contributed by atoms with Crippen LogP contribution in [0.1, 0.15) is 23.2 Å². The summed E-state index contributed by atoms with van der Waals surface area (Å²) in [5, 5.41) is 2.72. The second-order valence-corrected chi connectivity index (χ2v) is 6.72. The fourth-order valence-corrected chi connectivity index (χ4v) is 3.74. The first-order valence-corrected chi connectivity index (χ1v) is 7.76. The number of anilines is 1. The fourth-order valence-electron chi connectivity index (χ4n) is 2.11. The van der Waals surface area contributed by atoms with Gasteiger partial charge in [0.2, 0.25) is 0 Å². The maximum atomic E-state index is 12.1. The van der Waals surface area contributed by atoms with Gasteiger partial charge in [-0.2, -0.15) is 0 Å². The molecule has 4 N–H and O–H groups in total. The van der Waals surface area contributed by atoms with E-state index in [1.807, 2.05) is 0 Å². The molecule has 1 aromatic heterocycles. The molecule has 0 aliphatic carbocycles. The molecule has 0 aromatic carbocycles. The van der Waals surface area contributed by atoms with Gasteiger partial charge in [0.05, 0.1) is 29.0 Å². The Morgan fingerprint density at radius 1 is 1.47 bits per heavy atom. The van der Waals surface area contributed by atoms with E-state index < -0.39 is 9.84 Å². The Morgan fingerprint density at radius 2 is 2.26 bits per heavy atom. The van der Waals surface area contributed by atoms with Crippen molar-refractivity contribution in [3.8, 4) is 0 Å². The molecular weight excluding hydrogens is 268 g/mol. The van der Waals surface area contributed by atoms with Crippen molar-refractivity contribution in [1.82, 2.24) is 10.3 Å². The van der Waals surface area contributed by atoms with Crippen molar-refractivity contribution in [1.29, 1.82) is 0 Å². The number of rotatable bonds is 3. The predicted octanol–water partition coefficient (Wildman–Crippen LogP) is -0.326. The number of hydrazine groups is 1. The van der Waals surface area contributed by atoms with Crippen molar-refractivity contribution in [3.63, 3.8) is 0 Å². The first-order valence-electron chi connectivity index (χ1n) is 5.94. The van der Waals surface area contributed by atoms with Crippen molar-refractivity contribution in [3.05, 3.63) is 24.0 Å². The lowest BCUT2D eigenvalue weighted by molar-refractivity contribution is 0.0939. The number of aromatic nitrogens is 1. The van der Waals surface area contributed by atoms with Crippen LogP contribution in [0.2, 0.25) is 0 Å². The first-order chi connectivity index (χ1) is 9.02. The number of hydrogen-bond donors (Lipinski definition) is 3. The highest BCUT2D eigenvalue weighted by atomic mass is 32.2. The molecule has 8 heteroatoms. The highest BCUT2D eigenvalue weighted by molar-refractivity contribution is 7.91. The van der Waals surface area contributed by atoms with Gasteiger partial charge < -0.3 is 10.7 Å². The topological polar surface area (TPSA) is 114 Å². The quantitative estimate of drug-likeness (QED) is 0.517. The van der Waals surface area contributed by atoms with Crippen LogP contribution in [0, 0.1) is 0 Å². The monoisotopic (exact) mass is 284 g/mol. The maximum absolute atomic E-state index is 12.1. The summed E-state index contributed by atoms with van der Waals surface area (Å²) in [6, 6.07) is 1.19.